The van der Waals surface area contributed by atoms with Crippen molar-refractivity contribution in [2.45, 2.75) is 0 Å². The zero-order chi connectivity index (χ0) is 14.3. The molecule has 6 heteroatoms. The minimum atomic E-state index is -0.396. The standard InChI is InChI=1S/C14H11BrFN3O/c1-20-8-5-6-9(15)12(7-8)19-11-4-2-3-10(16)13(11)18-14(19)17/h2-7H,1H3,(H2,17,18). The Labute approximate surface area is 123 Å². The average molecular weight is 336 g/mol. The van der Waals surface area contributed by atoms with E-state index in [1.54, 1.807) is 23.8 Å². The van der Waals surface area contributed by atoms with Gasteiger partial charge in [0, 0.05) is 10.5 Å². The van der Waals surface area contributed by atoms with Gasteiger partial charge in [0.1, 0.15) is 11.3 Å². The zero-order valence-electron chi connectivity index (χ0n) is 10.6. The van der Waals surface area contributed by atoms with Gasteiger partial charge in [0.25, 0.3) is 0 Å². The van der Waals surface area contributed by atoms with Gasteiger partial charge in [0.15, 0.2) is 5.82 Å². The number of rotatable bonds is 2. The van der Waals surface area contributed by atoms with E-state index in [-0.39, 0.29) is 11.5 Å². The Morgan fingerprint density at radius 1 is 1.30 bits per heavy atom. The zero-order valence-corrected chi connectivity index (χ0v) is 12.2. The molecule has 4 nitrogen and oxygen atoms in total. The first-order chi connectivity index (χ1) is 9.61. The van der Waals surface area contributed by atoms with E-state index in [9.17, 15) is 4.39 Å². The lowest BCUT2D eigenvalue weighted by molar-refractivity contribution is 0.414. The second-order valence-corrected chi connectivity index (χ2v) is 5.08. The summed E-state index contributed by atoms with van der Waals surface area (Å²) in [6, 6.07) is 10.2. The Morgan fingerprint density at radius 2 is 2.10 bits per heavy atom. The summed E-state index contributed by atoms with van der Waals surface area (Å²) in [5, 5.41) is 0. The number of nitrogen functional groups attached to an aromatic ring is 1. The highest BCUT2D eigenvalue weighted by atomic mass is 79.9. The highest BCUT2D eigenvalue weighted by Gasteiger charge is 2.15. The molecule has 0 atom stereocenters. The number of methoxy groups -OCH3 is 1. The van der Waals surface area contributed by atoms with Crippen LogP contribution < -0.4 is 10.5 Å². The van der Waals surface area contributed by atoms with Crippen molar-refractivity contribution < 1.29 is 9.13 Å². The molecule has 0 spiro atoms. The first-order valence-corrected chi connectivity index (χ1v) is 6.67. The van der Waals surface area contributed by atoms with Crippen LogP contribution in [-0.2, 0) is 0 Å². The fourth-order valence-corrected chi connectivity index (χ4v) is 2.55. The maximum atomic E-state index is 13.8. The molecule has 0 aliphatic rings. The average Bonchev–Trinajstić information content (AvgIpc) is 2.77. The summed E-state index contributed by atoms with van der Waals surface area (Å²) in [5.74, 6) is 0.506. The van der Waals surface area contributed by atoms with Crippen LogP contribution in [0.4, 0.5) is 10.3 Å². The topological polar surface area (TPSA) is 53.1 Å². The van der Waals surface area contributed by atoms with Crippen LogP contribution in [0.3, 0.4) is 0 Å². The number of para-hydroxylation sites is 1. The number of ether oxygens (including phenoxy) is 1. The van der Waals surface area contributed by atoms with Crippen LogP contribution in [-0.4, -0.2) is 16.7 Å². The van der Waals surface area contributed by atoms with E-state index in [0.717, 1.165) is 10.2 Å². The van der Waals surface area contributed by atoms with Crippen molar-refractivity contribution in [1.82, 2.24) is 9.55 Å². The van der Waals surface area contributed by atoms with E-state index in [0.29, 0.717) is 11.3 Å². The van der Waals surface area contributed by atoms with Gasteiger partial charge in [0.2, 0.25) is 5.95 Å². The molecule has 0 aliphatic heterocycles. The maximum absolute atomic E-state index is 13.8. The Balaban J connectivity index is 2.35. The minimum absolute atomic E-state index is 0.221. The molecule has 0 unspecified atom stereocenters. The normalized spacial score (nSPS) is 10.9. The molecule has 0 saturated carbocycles. The molecular weight excluding hydrogens is 325 g/mol. The van der Waals surface area contributed by atoms with Crippen molar-refractivity contribution >= 4 is 32.9 Å². The first-order valence-electron chi connectivity index (χ1n) is 5.88. The first kappa shape index (κ1) is 12.9. The maximum Gasteiger partial charge on any atom is 0.206 e. The molecule has 0 fully saturated rings. The summed E-state index contributed by atoms with van der Waals surface area (Å²) in [7, 11) is 1.59. The molecule has 1 heterocycles. The SMILES string of the molecule is COc1ccc(Br)c(-n2c(N)nc3c(F)cccc32)c1. The summed E-state index contributed by atoms with van der Waals surface area (Å²) >= 11 is 3.47. The lowest BCUT2D eigenvalue weighted by atomic mass is 10.2. The number of hydrogen-bond donors (Lipinski definition) is 1. The monoisotopic (exact) mass is 335 g/mol. The van der Waals surface area contributed by atoms with Crippen LogP contribution in [0, 0.1) is 5.82 Å². The molecule has 3 aromatic rings. The molecule has 2 N–H and O–H groups in total. The number of anilines is 1. The number of nitrogens with zero attached hydrogens (tertiary/aromatic N) is 2. The summed E-state index contributed by atoms with van der Waals surface area (Å²) in [5.41, 5.74) is 7.54. The number of imidazole rings is 1. The van der Waals surface area contributed by atoms with Gasteiger partial charge in [-0.1, -0.05) is 6.07 Å². The highest BCUT2D eigenvalue weighted by Crippen LogP contribution is 2.31. The lowest BCUT2D eigenvalue weighted by Crippen LogP contribution is -2.01. The predicted molar refractivity (Wildman–Crippen MR) is 79.7 cm³/mol. The minimum Gasteiger partial charge on any atom is -0.497 e. The van der Waals surface area contributed by atoms with E-state index < -0.39 is 5.82 Å². The van der Waals surface area contributed by atoms with E-state index >= 15 is 0 Å². The van der Waals surface area contributed by atoms with Gasteiger partial charge in [-0.3, -0.25) is 4.57 Å². The molecule has 1 aromatic heterocycles. The summed E-state index contributed by atoms with van der Waals surface area (Å²) < 4.78 is 21.5. The number of halogens is 2. The molecular formula is C14H11BrFN3O. The summed E-state index contributed by atoms with van der Waals surface area (Å²) in [6.45, 7) is 0. The number of aromatic nitrogens is 2. The van der Waals surface area contributed by atoms with Gasteiger partial charge in [-0.05, 0) is 40.2 Å². The second-order valence-electron chi connectivity index (χ2n) is 4.23. The Hall–Kier alpha value is -2.08. The molecule has 0 aliphatic carbocycles. The van der Waals surface area contributed by atoms with Crippen molar-refractivity contribution in [2.75, 3.05) is 12.8 Å². The van der Waals surface area contributed by atoms with Crippen LogP contribution in [0.1, 0.15) is 0 Å². The van der Waals surface area contributed by atoms with E-state index in [1.165, 1.54) is 6.07 Å². The predicted octanol–water partition coefficient (Wildman–Crippen LogP) is 3.52. The fourth-order valence-electron chi connectivity index (χ4n) is 2.13. The molecule has 2 aromatic carbocycles. The van der Waals surface area contributed by atoms with Gasteiger partial charge in [0.05, 0.1) is 18.3 Å². The van der Waals surface area contributed by atoms with E-state index in [4.69, 9.17) is 10.5 Å². The molecule has 0 bridgehead atoms. The van der Waals surface area contributed by atoms with Crippen molar-refractivity contribution in [3.8, 4) is 11.4 Å². The van der Waals surface area contributed by atoms with Gasteiger partial charge < -0.3 is 10.5 Å². The van der Waals surface area contributed by atoms with Gasteiger partial charge >= 0.3 is 0 Å². The fraction of sp³-hybridized carbons (Fsp3) is 0.0714. The molecule has 3 rings (SSSR count). The second kappa shape index (κ2) is 4.79. The number of benzene rings is 2. The van der Waals surface area contributed by atoms with Crippen LogP contribution in [0.5, 0.6) is 5.75 Å². The van der Waals surface area contributed by atoms with Crippen molar-refractivity contribution in [3.63, 3.8) is 0 Å². The van der Waals surface area contributed by atoms with Crippen molar-refractivity contribution in [3.05, 3.63) is 46.7 Å². The smallest absolute Gasteiger partial charge is 0.206 e. The lowest BCUT2D eigenvalue weighted by Gasteiger charge is -2.10. The number of fused-ring (bicyclic) bond motifs is 1. The van der Waals surface area contributed by atoms with Crippen LogP contribution in [0.15, 0.2) is 40.9 Å². The van der Waals surface area contributed by atoms with Crippen molar-refractivity contribution in [1.29, 1.82) is 0 Å². The van der Waals surface area contributed by atoms with Gasteiger partial charge in [-0.25, -0.2) is 9.37 Å². The van der Waals surface area contributed by atoms with Crippen LogP contribution in [0.2, 0.25) is 0 Å². The molecule has 0 saturated heterocycles. The quantitative estimate of drug-likeness (QED) is 0.779. The molecule has 0 amide bonds. The van der Waals surface area contributed by atoms with Crippen LogP contribution in [0.25, 0.3) is 16.7 Å². The molecule has 20 heavy (non-hydrogen) atoms. The van der Waals surface area contributed by atoms with Crippen molar-refractivity contribution in [2.24, 2.45) is 0 Å². The van der Waals surface area contributed by atoms with E-state index in [1.807, 2.05) is 18.2 Å². The third-order valence-corrected chi connectivity index (χ3v) is 3.73. The number of nitrogens with two attached hydrogens (primary N) is 1. The van der Waals surface area contributed by atoms with Gasteiger partial charge in [-0.15, -0.1) is 0 Å². The summed E-state index contributed by atoms with van der Waals surface area (Å²) in [6.07, 6.45) is 0. The van der Waals surface area contributed by atoms with Crippen LogP contribution >= 0.6 is 15.9 Å². The molecule has 102 valence electrons. The third kappa shape index (κ3) is 1.92. The Bertz CT molecular complexity index is 800. The molecule has 0 radical (unpaired) electrons. The highest BCUT2D eigenvalue weighted by molar-refractivity contribution is 9.10. The third-order valence-electron chi connectivity index (χ3n) is 3.06. The Morgan fingerprint density at radius 3 is 2.85 bits per heavy atom. The number of hydrogen-bond acceptors (Lipinski definition) is 3. The van der Waals surface area contributed by atoms with E-state index in [2.05, 4.69) is 20.9 Å². The Kier molecular flexibility index (Phi) is 3.10. The largest absolute Gasteiger partial charge is 0.497 e. The summed E-state index contributed by atoms with van der Waals surface area (Å²) in [4.78, 5) is 4.09. The van der Waals surface area contributed by atoms with Gasteiger partial charge in [-0.2, -0.15) is 0 Å².